The second kappa shape index (κ2) is 15.0. The van der Waals surface area contributed by atoms with Gasteiger partial charge in [-0.1, -0.05) is 133 Å². The molecule has 7 heteroatoms. The van der Waals surface area contributed by atoms with Crippen LogP contribution in [0, 0.1) is 0 Å². The van der Waals surface area contributed by atoms with Crippen molar-refractivity contribution in [2.24, 2.45) is 9.98 Å². The van der Waals surface area contributed by atoms with Gasteiger partial charge in [0.05, 0.1) is 22.1 Å². The molecule has 10 aromatic carbocycles. The van der Waals surface area contributed by atoms with Crippen LogP contribution in [0.4, 0.5) is 0 Å². The largest absolute Gasteiger partial charge is 0.456 e. The number of hydrogen-bond acceptors (Lipinski definition) is 5. The van der Waals surface area contributed by atoms with E-state index in [1.165, 1.54) is 32.6 Å². The van der Waals surface area contributed by atoms with E-state index in [9.17, 15) is 0 Å². The van der Waals surface area contributed by atoms with E-state index in [0.29, 0.717) is 11.7 Å². The molecular weight excluding hydrogens is 859 g/mol. The summed E-state index contributed by atoms with van der Waals surface area (Å²) in [7, 11) is 0. The van der Waals surface area contributed by atoms with Gasteiger partial charge >= 0.3 is 0 Å². The van der Waals surface area contributed by atoms with Gasteiger partial charge in [0.1, 0.15) is 34.3 Å². The third-order valence-electron chi connectivity index (χ3n) is 14.2. The predicted octanol–water partition coefficient (Wildman–Crippen LogP) is 15.8. The molecule has 14 aromatic rings. The third-order valence-corrected chi connectivity index (χ3v) is 14.2. The molecule has 0 fully saturated rings. The molecule has 1 aliphatic heterocycles. The summed E-state index contributed by atoms with van der Waals surface area (Å²) in [5.41, 5.74) is 15.1. The molecule has 0 spiro atoms. The van der Waals surface area contributed by atoms with Crippen molar-refractivity contribution < 1.29 is 8.83 Å². The van der Waals surface area contributed by atoms with Crippen LogP contribution < -0.4 is 5.32 Å². The first kappa shape index (κ1) is 38.6. The van der Waals surface area contributed by atoms with Crippen molar-refractivity contribution in [1.29, 1.82) is 0 Å². The number of nitrogens with zero attached hydrogens (tertiary/aromatic N) is 4. The summed E-state index contributed by atoms with van der Waals surface area (Å²) in [4.78, 5) is 10.8. The van der Waals surface area contributed by atoms with E-state index in [1.807, 2.05) is 18.2 Å². The molecule has 0 radical (unpaired) electrons. The molecule has 7 nitrogen and oxygen atoms in total. The fourth-order valence-corrected chi connectivity index (χ4v) is 11.0. The monoisotopic (exact) mass is 897 g/mol. The third kappa shape index (κ3) is 5.88. The second-order valence-corrected chi connectivity index (χ2v) is 18.1. The zero-order chi connectivity index (χ0) is 45.9. The van der Waals surface area contributed by atoms with Crippen molar-refractivity contribution in [3.8, 4) is 22.5 Å². The summed E-state index contributed by atoms with van der Waals surface area (Å²) in [5, 5.41) is 12.8. The Morgan fingerprint density at radius 3 is 1.70 bits per heavy atom. The number of para-hydroxylation sites is 5. The molecule has 0 saturated heterocycles. The molecule has 0 aliphatic carbocycles. The molecule has 70 heavy (non-hydrogen) atoms. The van der Waals surface area contributed by atoms with Gasteiger partial charge < -0.3 is 23.3 Å². The Hall–Kier alpha value is -9.46. The first-order valence-corrected chi connectivity index (χ1v) is 23.7. The fourth-order valence-electron chi connectivity index (χ4n) is 11.0. The molecule has 0 bridgehead atoms. The van der Waals surface area contributed by atoms with E-state index in [-0.39, 0.29) is 0 Å². The second-order valence-electron chi connectivity index (χ2n) is 18.1. The fraction of sp³-hybridized carbons (Fsp3) is 0.0159. The zero-order valence-corrected chi connectivity index (χ0v) is 37.5. The van der Waals surface area contributed by atoms with Crippen LogP contribution in [-0.2, 0) is 0 Å². The van der Waals surface area contributed by atoms with E-state index < -0.39 is 6.17 Å². The number of benzene rings is 10. The average Bonchev–Trinajstić information content (AvgIpc) is 4.18. The van der Waals surface area contributed by atoms with Crippen LogP contribution in [0.15, 0.2) is 243 Å². The van der Waals surface area contributed by atoms with Crippen LogP contribution in [0.3, 0.4) is 0 Å². The zero-order valence-electron chi connectivity index (χ0n) is 37.5. The van der Waals surface area contributed by atoms with E-state index in [0.717, 1.165) is 94.1 Å². The topological polar surface area (TPSA) is 72.9 Å². The minimum atomic E-state index is -0.514. The van der Waals surface area contributed by atoms with Gasteiger partial charge in [0.25, 0.3) is 0 Å². The molecular formula is C63H39N5O2. The van der Waals surface area contributed by atoms with E-state index in [1.54, 1.807) is 0 Å². The van der Waals surface area contributed by atoms with E-state index in [2.05, 4.69) is 221 Å². The first-order chi connectivity index (χ1) is 34.7. The molecule has 1 atom stereocenters. The highest BCUT2D eigenvalue weighted by atomic mass is 16.3. The van der Waals surface area contributed by atoms with Crippen LogP contribution >= 0.6 is 0 Å². The van der Waals surface area contributed by atoms with Crippen LogP contribution in [0.25, 0.3) is 110 Å². The summed E-state index contributed by atoms with van der Waals surface area (Å²) in [6.07, 6.45) is -0.514. The van der Waals surface area contributed by atoms with E-state index in [4.69, 9.17) is 18.8 Å². The highest BCUT2D eigenvalue weighted by molar-refractivity contribution is 6.17. The van der Waals surface area contributed by atoms with Crippen LogP contribution in [0.5, 0.6) is 0 Å². The molecule has 15 rings (SSSR count). The van der Waals surface area contributed by atoms with Gasteiger partial charge in [-0.05, 0) is 102 Å². The molecule has 1 unspecified atom stereocenters. The van der Waals surface area contributed by atoms with Gasteiger partial charge in [-0.3, -0.25) is 0 Å². The number of amidine groups is 2. The van der Waals surface area contributed by atoms with Gasteiger partial charge in [0, 0.05) is 71.2 Å². The van der Waals surface area contributed by atoms with Crippen LogP contribution in [0.2, 0.25) is 0 Å². The maximum absolute atomic E-state index is 6.66. The van der Waals surface area contributed by atoms with Crippen molar-refractivity contribution in [2.45, 2.75) is 6.17 Å². The van der Waals surface area contributed by atoms with Gasteiger partial charge in [0.2, 0.25) is 0 Å². The lowest BCUT2D eigenvalue weighted by Crippen LogP contribution is -2.33. The smallest absolute Gasteiger partial charge is 0.159 e. The first-order valence-electron chi connectivity index (χ1n) is 23.7. The number of aliphatic imine (C=N–C) groups is 2. The Morgan fingerprint density at radius 2 is 0.914 bits per heavy atom. The van der Waals surface area contributed by atoms with Crippen molar-refractivity contribution in [3.05, 3.63) is 241 Å². The molecule has 0 saturated carbocycles. The minimum Gasteiger partial charge on any atom is -0.456 e. The normalized spacial score (nSPS) is 14.1. The highest BCUT2D eigenvalue weighted by Crippen LogP contribution is 2.41. The number of nitrogens with one attached hydrogen (secondary N) is 1. The number of hydrogen-bond donors (Lipinski definition) is 1. The Balaban J connectivity index is 0.890. The Bertz CT molecular complexity index is 4470. The molecule has 5 heterocycles. The Morgan fingerprint density at radius 1 is 0.357 bits per heavy atom. The highest BCUT2D eigenvalue weighted by Gasteiger charge is 2.26. The lowest BCUT2D eigenvalue weighted by atomic mass is 9.98. The number of furan rings is 2. The van der Waals surface area contributed by atoms with Gasteiger partial charge in [0.15, 0.2) is 5.84 Å². The van der Waals surface area contributed by atoms with Crippen molar-refractivity contribution in [3.63, 3.8) is 0 Å². The Kier molecular flexibility index (Phi) is 8.29. The lowest BCUT2D eigenvalue weighted by molar-refractivity contribution is 0.661. The summed E-state index contributed by atoms with van der Waals surface area (Å²) >= 11 is 0. The number of aromatic nitrogens is 2. The summed E-state index contributed by atoms with van der Waals surface area (Å²) in [6, 6.07) is 79.2. The number of rotatable bonds is 6. The molecule has 1 N–H and O–H groups in total. The summed E-state index contributed by atoms with van der Waals surface area (Å²) in [5.74, 6) is 1.33. The summed E-state index contributed by atoms with van der Waals surface area (Å²) in [6.45, 7) is 0. The van der Waals surface area contributed by atoms with Gasteiger partial charge in [-0.2, -0.15) is 0 Å². The maximum atomic E-state index is 6.66. The molecule has 0 amide bonds. The van der Waals surface area contributed by atoms with E-state index >= 15 is 0 Å². The SMILES string of the molecule is c1ccc(-n2c3ccccc3c3cc(-c4ccc5oc6cccc(C7N=C(c8cccc(-n9c%10ccccc%10c%10ccccc%109)c8)N=C(c8ccc9c(c8)oc8ccccc89)N7)c6c5c4)ccc32)cc1. The molecule has 1 aliphatic rings. The maximum Gasteiger partial charge on any atom is 0.159 e. The van der Waals surface area contributed by atoms with Crippen molar-refractivity contribution >= 4 is 99.2 Å². The summed E-state index contributed by atoms with van der Waals surface area (Å²) < 4.78 is 17.8. The van der Waals surface area contributed by atoms with Crippen LogP contribution in [-0.4, -0.2) is 20.8 Å². The predicted molar refractivity (Wildman–Crippen MR) is 287 cm³/mol. The number of fused-ring (bicyclic) bond motifs is 12. The molecule has 4 aromatic heterocycles. The van der Waals surface area contributed by atoms with Gasteiger partial charge in [-0.15, -0.1) is 0 Å². The quantitative estimate of drug-likeness (QED) is 0.181. The molecule has 328 valence electrons. The standard InChI is InChI=1S/C63H39N5O2/c1-2-15-42(16-3-1)67-54-25-10-6-20-46(54)50-35-38(29-32-55(50)67)39-30-33-57-51(36-39)60-49(22-13-27-58(60)69-57)63-65-61(64-62(66-63)41-28-31-48-47-21-7-11-26-56(47)70-59(48)37-41)40-14-12-17-43(34-40)68-52-23-8-4-18-44(52)45-19-5-9-24-53(45)68/h1-37,63H,(H,64,65,66). The van der Waals surface area contributed by atoms with Crippen molar-refractivity contribution in [1.82, 2.24) is 14.5 Å². The lowest BCUT2D eigenvalue weighted by Gasteiger charge is -2.24. The van der Waals surface area contributed by atoms with Crippen LogP contribution in [0.1, 0.15) is 22.9 Å². The Labute approximate surface area is 400 Å². The van der Waals surface area contributed by atoms with Crippen molar-refractivity contribution in [2.75, 3.05) is 0 Å². The van der Waals surface area contributed by atoms with Gasteiger partial charge in [-0.25, -0.2) is 9.98 Å². The average molecular weight is 898 g/mol. The minimum absolute atomic E-state index is 0.514.